The molecule has 5 heteroatoms. The van der Waals surface area contributed by atoms with Crippen molar-refractivity contribution in [1.29, 1.82) is 0 Å². The molecule has 0 saturated heterocycles. The van der Waals surface area contributed by atoms with Gasteiger partial charge in [0.25, 0.3) is 5.91 Å². The number of amides is 1. The molecule has 2 aliphatic rings. The van der Waals surface area contributed by atoms with Gasteiger partial charge in [0.2, 0.25) is 0 Å². The van der Waals surface area contributed by atoms with Gasteiger partial charge in [-0.1, -0.05) is 36.4 Å². The van der Waals surface area contributed by atoms with E-state index < -0.39 is 0 Å². The minimum atomic E-state index is 0.248. The summed E-state index contributed by atoms with van der Waals surface area (Å²) in [4.78, 5) is 16.3. The van der Waals surface area contributed by atoms with Gasteiger partial charge in [-0.2, -0.15) is 0 Å². The second-order valence-electron chi connectivity index (χ2n) is 8.22. The summed E-state index contributed by atoms with van der Waals surface area (Å²) in [5.41, 5.74) is 5.20. The number of benzene rings is 2. The van der Waals surface area contributed by atoms with E-state index in [9.17, 15) is 4.79 Å². The van der Waals surface area contributed by atoms with Crippen molar-refractivity contribution in [2.24, 2.45) is 0 Å². The van der Waals surface area contributed by atoms with Crippen molar-refractivity contribution < 1.29 is 19.2 Å². The van der Waals surface area contributed by atoms with E-state index in [0.29, 0.717) is 26.3 Å². The summed E-state index contributed by atoms with van der Waals surface area (Å²) < 4.78 is 11.6. The molecule has 5 nitrogen and oxygen atoms in total. The van der Waals surface area contributed by atoms with Gasteiger partial charge >= 0.3 is 0 Å². The predicted molar refractivity (Wildman–Crippen MR) is 123 cm³/mol. The third-order valence-corrected chi connectivity index (χ3v) is 6.16. The van der Waals surface area contributed by atoms with Gasteiger partial charge in [0.05, 0.1) is 19.8 Å². The molecule has 31 heavy (non-hydrogen) atoms. The van der Waals surface area contributed by atoms with Gasteiger partial charge in [0.15, 0.2) is 18.0 Å². The highest BCUT2D eigenvalue weighted by molar-refractivity contribution is 5.79. The fourth-order valence-electron chi connectivity index (χ4n) is 4.53. The lowest BCUT2D eigenvalue weighted by Gasteiger charge is -2.30. The van der Waals surface area contributed by atoms with Crippen LogP contribution in [0.15, 0.2) is 48.5 Å². The van der Waals surface area contributed by atoms with Crippen LogP contribution >= 0.6 is 0 Å². The zero-order valence-electron chi connectivity index (χ0n) is 18.7. The number of rotatable bonds is 7. The summed E-state index contributed by atoms with van der Waals surface area (Å²) >= 11 is 0. The normalized spacial score (nSPS) is 18.2. The Balaban J connectivity index is 1.37. The summed E-state index contributed by atoms with van der Waals surface area (Å²) in [7, 11) is 0. The van der Waals surface area contributed by atoms with E-state index in [1.807, 2.05) is 24.8 Å². The maximum atomic E-state index is 13.0. The van der Waals surface area contributed by atoms with Crippen LogP contribution in [0.5, 0.6) is 11.5 Å². The molecular weight excluding hydrogens is 388 g/mol. The average Bonchev–Trinajstić information content (AvgIpc) is 2.80. The van der Waals surface area contributed by atoms with Crippen LogP contribution in [0.4, 0.5) is 0 Å². The minimum Gasteiger partial charge on any atom is -0.490 e. The van der Waals surface area contributed by atoms with E-state index in [2.05, 4.69) is 42.5 Å². The average molecular weight is 422 g/mol. The molecule has 1 N–H and O–H groups in total. The second-order valence-corrected chi connectivity index (χ2v) is 8.22. The number of ether oxygens (including phenoxy) is 2. The number of hydrogen-bond donors (Lipinski definition) is 1. The fourth-order valence-corrected chi connectivity index (χ4v) is 4.53. The Labute approximate surface area is 185 Å². The van der Waals surface area contributed by atoms with Crippen LogP contribution in [0.2, 0.25) is 0 Å². The molecule has 2 aromatic rings. The summed E-state index contributed by atoms with van der Waals surface area (Å²) in [6, 6.07) is 14.7. The van der Waals surface area contributed by atoms with Crippen molar-refractivity contribution >= 4 is 11.5 Å². The molecule has 2 heterocycles. The van der Waals surface area contributed by atoms with Crippen LogP contribution in [-0.4, -0.2) is 50.2 Å². The molecule has 0 bridgehead atoms. The van der Waals surface area contributed by atoms with Crippen molar-refractivity contribution in [1.82, 2.24) is 4.90 Å². The van der Waals surface area contributed by atoms with E-state index >= 15 is 0 Å². The molecular formula is C26H33N2O3+. The topological polar surface area (TPSA) is 43.2 Å². The summed E-state index contributed by atoms with van der Waals surface area (Å²) in [6.07, 6.45) is 4.09. The van der Waals surface area contributed by atoms with Gasteiger partial charge in [-0.3, -0.25) is 4.79 Å². The van der Waals surface area contributed by atoms with Crippen molar-refractivity contribution in [3.8, 4) is 11.5 Å². The Morgan fingerprint density at radius 2 is 1.71 bits per heavy atom. The molecule has 0 radical (unpaired) electrons. The number of nitrogens with zero attached hydrogens (tertiary/aromatic N) is 1. The van der Waals surface area contributed by atoms with Gasteiger partial charge in [-0.05, 0) is 49.1 Å². The van der Waals surface area contributed by atoms with Crippen LogP contribution in [-0.2, 0) is 17.8 Å². The molecule has 0 spiro atoms. The van der Waals surface area contributed by atoms with Crippen molar-refractivity contribution in [3.05, 3.63) is 65.2 Å². The molecule has 0 saturated carbocycles. The van der Waals surface area contributed by atoms with Gasteiger partial charge in [-0.15, -0.1) is 0 Å². The van der Waals surface area contributed by atoms with E-state index in [0.717, 1.165) is 44.0 Å². The third-order valence-electron chi connectivity index (χ3n) is 6.16. The second kappa shape index (κ2) is 10.0. The zero-order chi connectivity index (χ0) is 21.6. The molecule has 164 valence electrons. The zero-order valence-corrected chi connectivity index (χ0v) is 18.7. The molecule has 1 atom stereocenters. The summed E-state index contributed by atoms with van der Waals surface area (Å²) in [5, 5.41) is 0. The quantitative estimate of drug-likeness (QED) is 0.748. The first-order valence-electron chi connectivity index (χ1n) is 11.4. The number of quaternary nitrogens is 1. The molecule has 0 aromatic heterocycles. The lowest BCUT2D eigenvalue weighted by atomic mass is 9.98. The standard InChI is InChI=1S/C26H32N2O3/c1-3-30-24-16-22-10-13-27(18-23(22)17-25(24)31-4-2)19-26(29)28-14-11-21(12-15-28)20-8-6-5-7-9-20/h5-9,11,16-17H,3-4,10,12-15,18-19H2,1-2H3/p+1. The van der Waals surface area contributed by atoms with Gasteiger partial charge in [0, 0.05) is 25.1 Å². The maximum Gasteiger partial charge on any atom is 0.278 e. The van der Waals surface area contributed by atoms with Crippen LogP contribution in [0, 0.1) is 0 Å². The monoisotopic (exact) mass is 421 g/mol. The van der Waals surface area contributed by atoms with Crippen LogP contribution < -0.4 is 14.4 Å². The predicted octanol–water partition coefficient (Wildman–Crippen LogP) is 2.74. The van der Waals surface area contributed by atoms with Crippen LogP contribution in [0.25, 0.3) is 5.57 Å². The van der Waals surface area contributed by atoms with E-state index in [1.54, 1.807) is 0 Å². The van der Waals surface area contributed by atoms with Crippen LogP contribution in [0.1, 0.15) is 37.0 Å². The smallest absolute Gasteiger partial charge is 0.278 e. The van der Waals surface area contributed by atoms with Crippen molar-refractivity contribution in [3.63, 3.8) is 0 Å². The van der Waals surface area contributed by atoms with Crippen molar-refractivity contribution in [2.45, 2.75) is 33.2 Å². The first-order valence-corrected chi connectivity index (χ1v) is 11.4. The molecule has 4 rings (SSSR count). The SMILES string of the molecule is CCOc1cc2c(cc1OCC)C[NH+](CC(=O)N1CC=C(c3ccccc3)CC1)CC2. The first-order chi connectivity index (χ1) is 15.2. The van der Waals surface area contributed by atoms with Crippen molar-refractivity contribution in [2.75, 3.05) is 39.4 Å². The minimum absolute atomic E-state index is 0.248. The highest BCUT2D eigenvalue weighted by Gasteiger charge is 2.27. The molecule has 0 aliphatic carbocycles. The highest BCUT2D eigenvalue weighted by Crippen LogP contribution is 2.32. The number of carbonyl (C=O) groups is 1. The fraction of sp³-hybridized carbons (Fsp3) is 0.423. The number of carbonyl (C=O) groups excluding carboxylic acids is 1. The van der Waals surface area contributed by atoms with E-state index in [-0.39, 0.29) is 5.91 Å². The van der Waals surface area contributed by atoms with Gasteiger partial charge in [0.1, 0.15) is 6.54 Å². The Kier molecular flexibility index (Phi) is 6.92. The molecule has 1 amide bonds. The summed E-state index contributed by atoms with van der Waals surface area (Å²) in [5.74, 6) is 1.89. The lowest BCUT2D eigenvalue weighted by molar-refractivity contribution is -0.908. The molecule has 1 unspecified atom stereocenters. The number of nitrogens with one attached hydrogen (secondary N) is 1. The highest BCUT2D eigenvalue weighted by atomic mass is 16.5. The first kappa shape index (κ1) is 21.4. The molecule has 2 aromatic carbocycles. The number of hydrogen-bond acceptors (Lipinski definition) is 3. The maximum absolute atomic E-state index is 13.0. The van der Waals surface area contributed by atoms with Gasteiger partial charge < -0.3 is 19.3 Å². The Morgan fingerprint density at radius 3 is 2.35 bits per heavy atom. The number of fused-ring (bicyclic) bond motifs is 1. The Morgan fingerprint density at radius 1 is 1.00 bits per heavy atom. The third kappa shape index (κ3) is 5.10. The molecule has 2 aliphatic heterocycles. The largest absolute Gasteiger partial charge is 0.490 e. The Bertz CT molecular complexity index is 939. The lowest BCUT2D eigenvalue weighted by Crippen LogP contribution is -3.12. The van der Waals surface area contributed by atoms with E-state index in [1.165, 1.54) is 27.2 Å². The van der Waals surface area contributed by atoms with Crippen LogP contribution in [0.3, 0.4) is 0 Å². The van der Waals surface area contributed by atoms with Gasteiger partial charge in [-0.25, -0.2) is 0 Å². The van der Waals surface area contributed by atoms with E-state index in [4.69, 9.17) is 9.47 Å². The molecule has 0 fully saturated rings. The Hall–Kier alpha value is -2.79. The summed E-state index contributed by atoms with van der Waals surface area (Å²) in [6.45, 7) is 9.10.